The molecular formula is C17H24O4. The monoisotopic (exact) mass is 292 g/mol. The average molecular weight is 292 g/mol. The fourth-order valence-corrected chi connectivity index (χ4v) is 3.45. The van der Waals surface area contributed by atoms with Crippen LogP contribution in [-0.4, -0.2) is 25.2 Å². The summed E-state index contributed by atoms with van der Waals surface area (Å²) < 4.78 is 10.4. The molecule has 0 aromatic carbocycles. The van der Waals surface area contributed by atoms with E-state index in [4.69, 9.17) is 9.47 Å². The third-order valence-corrected chi connectivity index (χ3v) is 4.59. The second-order valence-electron chi connectivity index (χ2n) is 5.69. The standard InChI is InChI=1S/C17H24O4/c1-4-20-15(18)17(16(19)21-5-2)11-13-9-7-6-8-10-14(13)12(17)3/h8-10,12,14H,4-7,11H2,1-3H3/t12-,14-/m0/s1. The van der Waals surface area contributed by atoms with E-state index in [-0.39, 0.29) is 25.0 Å². The summed E-state index contributed by atoms with van der Waals surface area (Å²) in [7, 11) is 0. The maximum Gasteiger partial charge on any atom is 0.324 e. The largest absolute Gasteiger partial charge is 0.465 e. The molecule has 21 heavy (non-hydrogen) atoms. The molecule has 1 saturated carbocycles. The molecule has 2 rings (SSSR count). The Kier molecular flexibility index (Phi) is 4.86. The third-order valence-electron chi connectivity index (χ3n) is 4.59. The summed E-state index contributed by atoms with van der Waals surface area (Å²) >= 11 is 0. The molecule has 4 heteroatoms. The summed E-state index contributed by atoms with van der Waals surface area (Å²) in [6.07, 6.45) is 8.82. The number of allylic oxidation sites excluding steroid dienone is 4. The molecule has 0 aromatic rings. The second-order valence-corrected chi connectivity index (χ2v) is 5.69. The molecule has 2 aliphatic carbocycles. The molecule has 1 fully saturated rings. The van der Waals surface area contributed by atoms with E-state index in [1.807, 2.05) is 6.92 Å². The molecule has 0 amide bonds. The van der Waals surface area contributed by atoms with E-state index in [0.29, 0.717) is 6.42 Å². The molecule has 0 spiro atoms. The number of hydrogen-bond acceptors (Lipinski definition) is 4. The molecular weight excluding hydrogens is 268 g/mol. The second kappa shape index (κ2) is 6.46. The Hall–Kier alpha value is -1.58. The molecule has 0 aromatic heterocycles. The van der Waals surface area contributed by atoms with Crippen LogP contribution in [0.15, 0.2) is 23.8 Å². The van der Waals surface area contributed by atoms with Crippen molar-refractivity contribution in [3.63, 3.8) is 0 Å². The van der Waals surface area contributed by atoms with Crippen molar-refractivity contribution in [3.05, 3.63) is 23.8 Å². The van der Waals surface area contributed by atoms with Crippen LogP contribution in [0.4, 0.5) is 0 Å². The van der Waals surface area contributed by atoms with E-state index in [9.17, 15) is 9.59 Å². The zero-order chi connectivity index (χ0) is 15.5. The van der Waals surface area contributed by atoms with Gasteiger partial charge in [-0.25, -0.2) is 0 Å². The highest BCUT2D eigenvalue weighted by Gasteiger charge is 2.60. The minimum atomic E-state index is -1.19. The zero-order valence-corrected chi connectivity index (χ0v) is 13.1. The highest BCUT2D eigenvalue weighted by Crippen LogP contribution is 2.52. The van der Waals surface area contributed by atoms with Gasteiger partial charge in [0.15, 0.2) is 5.41 Å². The Morgan fingerprint density at radius 2 is 1.81 bits per heavy atom. The Balaban J connectivity index is 2.41. The fraction of sp³-hybridized carbons (Fsp3) is 0.647. The van der Waals surface area contributed by atoms with E-state index in [0.717, 1.165) is 18.4 Å². The van der Waals surface area contributed by atoms with Gasteiger partial charge in [0, 0.05) is 5.92 Å². The smallest absolute Gasteiger partial charge is 0.324 e. The SMILES string of the molecule is CCOC(=O)C1(C(=O)OCC)CC2=CCCC=C[C@H]2[C@@H]1C. The van der Waals surface area contributed by atoms with Gasteiger partial charge in [-0.3, -0.25) is 9.59 Å². The van der Waals surface area contributed by atoms with Crippen LogP contribution in [0.2, 0.25) is 0 Å². The first-order chi connectivity index (χ1) is 10.1. The maximum absolute atomic E-state index is 12.5. The third kappa shape index (κ3) is 2.63. The number of ether oxygens (including phenoxy) is 2. The van der Waals surface area contributed by atoms with E-state index in [2.05, 4.69) is 18.2 Å². The van der Waals surface area contributed by atoms with Crippen LogP contribution in [0.3, 0.4) is 0 Å². The molecule has 0 aliphatic heterocycles. The van der Waals surface area contributed by atoms with Crippen LogP contribution in [0.25, 0.3) is 0 Å². The lowest BCUT2D eigenvalue weighted by Gasteiger charge is -2.29. The van der Waals surface area contributed by atoms with Gasteiger partial charge < -0.3 is 9.47 Å². The number of hydrogen-bond donors (Lipinski definition) is 0. The van der Waals surface area contributed by atoms with Crippen molar-refractivity contribution in [2.24, 2.45) is 17.3 Å². The first kappa shape index (κ1) is 15.8. The van der Waals surface area contributed by atoms with Crippen LogP contribution in [0.1, 0.15) is 40.0 Å². The molecule has 116 valence electrons. The minimum Gasteiger partial charge on any atom is -0.465 e. The summed E-state index contributed by atoms with van der Waals surface area (Å²) in [4.78, 5) is 25.1. The minimum absolute atomic E-state index is 0.126. The van der Waals surface area contributed by atoms with Crippen molar-refractivity contribution in [1.82, 2.24) is 0 Å². The van der Waals surface area contributed by atoms with Crippen molar-refractivity contribution >= 4 is 11.9 Å². The van der Waals surface area contributed by atoms with Crippen LogP contribution in [-0.2, 0) is 19.1 Å². The molecule has 0 bridgehead atoms. The van der Waals surface area contributed by atoms with Gasteiger partial charge in [0.25, 0.3) is 0 Å². The van der Waals surface area contributed by atoms with E-state index in [1.54, 1.807) is 13.8 Å². The van der Waals surface area contributed by atoms with Crippen molar-refractivity contribution in [3.8, 4) is 0 Å². The first-order valence-corrected chi connectivity index (χ1v) is 7.78. The van der Waals surface area contributed by atoms with Crippen molar-refractivity contribution in [2.75, 3.05) is 13.2 Å². The number of carbonyl (C=O) groups is 2. The molecule has 4 nitrogen and oxygen atoms in total. The fourth-order valence-electron chi connectivity index (χ4n) is 3.45. The lowest BCUT2D eigenvalue weighted by molar-refractivity contribution is -0.175. The predicted molar refractivity (Wildman–Crippen MR) is 79.4 cm³/mol. The lowest BCUT2D eigenvalue weighted by atomic mass is 9.76. The summed E-state index contributed by atoms with van der Waals surface area (Å²) in [5.41, 5.74) is -0.0261. The van der Waals surface area contributed by atoms with E-state index >= 15 is 0 Å². The molecule has 0 radical (unpaired) electrons. The van der Waals surface area contributed by atoms with E-state index < -0.39 is 17.4 Å². The van der Waals surface area contributed by atoms with Gasteiger partial charge in [0.2, 0.25) is 0 Å². The van der Waals surface area contributed by atoms with Gasteiger partial charge in [-0.2, -0.15) is 0 Å². The summed E-state index contributed by atoms with van der Waals surface area (Å²) in [6.45, 7) is 6.01. The first-order valence-electron chi connectivity index (χ1n) is 7.78. The molecule has 0 saturated heterocycles. The molecule has 0 unspecified atom stereocenters. The maximum atomic E-state index is 12.5. The Labute approximate surface area is 126 Å². The van der Waals surface area contributed by atoms with Crippen LogP contribution < -0.4 is 0 Å². The summed E-state index contributed by atoms with van der Waals surface area (Å²) in [6, 6.07) is 0. The number of carbonyl (C=O) groups excluding carboxylic acids is 2. The van der Waals surface area contributed by atoms with Gasteiger partial charge in [-0.15, -0.1) is 0 Å². The van der Waals surface area contributed by atoms with Crippen molar-refractivity contribution in [1.29, 1.82) is 0 Å². The zero-order valence-electron chi connectivity index (χ0n) is 13.1. The quantitative estimate of drug-likeness (QED) is 0.454. The number of rotatable bonds is 4. The topological polar surface area (TPSA) is 52.6 Å². The predicted octanol–water partition coefficient (Wildman–Crippen LogP) is 3.03. The van der Waals surface area contributed by atoms with Gasteiger partial charge >= 0.3 is 11.9 Å². The van der Waals surface area contributed by atoms with Crippen molar-refractivity contribution in [2.45, 2.75) is 40.0 Å². The van der Waals surface area contributed by atoms with Crippen LogP contribution in [0.5, 0.6) is 0 Å². The Bertz CT molecular complexity index is 457. The Morgan fingerprint density at radius 3 is 2.38 bits per heavy atom. The number of fused-ring (bicyclic) bond motifs is 1. The Morgan fingerprint density at radius 1 is 1.19 bits per heavy atom. The van der Waals surface area contributed by atoms with E-state index in [1.165, 1.54) is 0 Å². The lowest BCUT2D eigenvalue weighted by Crippen LogP contribution is -2.45. The van der Waals surface area contributed by atoms with Crippen LogP contribution in [0, 0.1) is 17.3 Å². The summed E-state index contributed by atoms with van der Waals surface area (Å²) in [5.74, 6) is -0.908. The molecule has 0 N–H and O–H groups in total. The van der Waals surface area contributed by atoms with Gasteiger partial charge in [0.05, 0.1) is 13.2 Å². The summed E-state index contributed by atoms with van der Waals surface area (Å²) in [5, 5.41) is 0. The van der Waals surface area contributed by atoms with Gasteiger partial charge in [0.1, 0.15) is 0 Å². The average Bonchev–Trinajstić information content (AvgIpc) is 2.62. The van der Waals surface area contributed by atoms with Crippen LogP contribution >= 0.6 is 0 Å². The van der Waals surface area contributed by atoms with Gasteiger partial charge in [-0.05, 0) is 39.0 Å². The molecule has 2 aliphatic rings. The highest BCUT2D eigenvalue weighted by atomic mass is 16.6. The highest BCUT2D eigenvalue weighted by molar-refractivity contribution is 6.01. The van der Waals surface area contributed by atoms with Crippen molar-refractivity contribution < 1.29 is 19.1 Å². The normalized spacial score (nSPS) is 26.5. The number of esters is 2. The molecule has 0 heterocycles. The van der Waals surface area contributed by atoms with Gasteiger partial charge in [-0.1, -0.05) is 30.7 Å². The molecule has 2 atom stereocenters.